The maximum atomic E-state index is 13.3. The Balaban J connectivity index is 2.09. The summed E-state index contributed by atoms with van der Waals surface area (Å²) in [5, 5.41) is 0. The molecule has 0 unspecified atom stereocenters. The average molecular weight is 1050 g/mol. The molecule has 0 aromatic rings. The number of carbonyl (C=O) groups is 4. The molecule has 12 heteroatoms. The summed E-state index contributed by atoms with van der Waals surface area (Å²) in [6.45, 7) is 15.8. The Morgan fingerprint density at radius 3 is 0.608 bits per heavy atom. The van der Waals surface area contributed by atoms with Crippen LogP contribution in [0.5, 0.6) is 0 Å². The van der Waals surface area contributed by atoms with Crippen LogP contribution in [-0.4, -0.2) is 135 Å². The van der Waals surface area contributed by atoms with Crippen LogP contribution < -0.4 is 0 Å². The predicted octanol–water partition coefficient (Wildman–Crippen LogP) is 14.7. The minimum Gasteiger partial charge on any atom is -0.466 e. The molecule has 0 N–H and O–H groups in total. The highest BCUT2D eigenvalue weighted by Gasteiger charge is 2.46. The smallest absolute Gasteiger partial charge is 0.307 e. The van der Waals surface area contributed by atoms with E-state index in [1.54, 1.807) is 0 Å². The number of piperazine rings is 2. The van der Waals surface area contributed by atoms with Gasteiger partial charge in [0.15, 0.2) is 0 Å². The first-order valence-corrected chi connectivity index (χ1v) is 31.9. The van der Waals surface area contributed by atoms with Gasteiger partial charge < -0.3 is 18.9 Å². The average Bonchev–Trinajstić information content (AvgIpc) is 3.40. The predicted molar refractivity (Wildman–Crippen MR) is 305 cm³/mol. The summed E-state index contributed by atoms with van der Waals surface area (Å²) >= 11 is 0. The number of esters is 4. The number of carbonyl (C=O) groups excluding carboxylic acids is 4. The first-order chi connectivity index (χ1) is 36.3. The van der Waals surface area contributed by atoms with Gasteiger partial charge in [0.2, 0.25) is 0 Å². The van der Waals surface area contributed by atoms with Gasteiger partial charge in [-0.2, -0.15) is 0 Å². The molecular formula is C62H118N4O8. The number of fused-ring (bicyclic) bond motifs is 1. The summed E-state index contributed by atoms with van der Waals surface area (Å²) in [6, 6.07) is 0. The number of ether oxygens (including phenoxy) is 4. The third kappa shape index (κ3) is 35.9. The fourth-order valence-corrected chi connectivity index (χ4v) is 10.9. The molecule has 2 aliphatic rings. The molecule has 0 aromatic carbocycles. The summed E-state index contributed by atoms with van der Waals surface area (Å²) in [4.78, 5) is 62.6. The van der Waals surface area contributed by atoms with Crippen LogP contribution in [0.4, 0.5) is 0 Å². The first-order valence-electron chi connectivity index (χ1n) is 31.9. The molecule has 2 rings (SSSR count). The van der Waals surface area contributed by atoms with Gasteiger partial charge in [0.25, 0.3) is 0 Å². The molecule has 2 aliphatic heterocycles. The highest BCUT2D eigenvalue weighted by atomic mass is 16.5. The lowest BCUT2D eigenvalue weighted by atomic mass is 10.1. The monoisotopic (exact) mass is 1050 g/mol. The van der Waals surface area contributed by atoms with Crippen molar-refractivity contribution in [2.75, 3.05) is 78.8 Å². The van der Waals surface area contributed by atoms with Gasteiger partial charge in [-0.1, -0.05) is 233 Å². The van der Waals surface area contributed by atoms with Crippen molar-refractivity contribution in [3.63, 3.8) is 0 Å². The lowest BCUT2D eigenvalue weighted by Gasteiger charge is -2.58. The number of hydrogen-bond donors (Lipinski definition) is 0. The molecule has 0 radical (unpaired) electrons. The van der Waals surface area contributed by atoms with Crippen molar-refractivity contribution in [3.8, 4) is 0 Å². The number of hydrogen-bond acceptors (Lipinski definition) is 12. The van der Waals surface area contributed by atoms with E-state index in [-0.39, 0.29) is 61.9 Å². The second-order valence-corrected chi connectivity index (χ2v) is 22.2. The number of rotatable bonds is 52. The SMILES string of the molecule is CCCCCCCCCCCOC(=O)CCN1CCN(CCC(=O)OCCCCCCCCCCC)C2C1N(CCC(=O)OCCCCCCCCCCC)CCN2CCC(=O)OCCCCCCCCCCC. The molecule has 0 amide bonds. The molecule has 0 spiro atoms. The molecule has 74 heavy (non-hydrogen) atoms. The molecule has 2 fully saturated rings. The van der Waals surface area contributed by atoms with Crippen LogP contribution >= 0.6 is 0 Å². The third-order valence-electron chi connectivity index (χ3n) is 15.6. The van der Waals surface area contributed by atoms with E-state index in [9.17, 15) is 19.2 Å². The summed E-state index contributed by atoms with van der Waals surface area (Å²) in [6.07, 6.45) is 44.5. The van der Waals surface area contributed by atoms with Crippen LogP contribution in [0.3, 0.4) is 0 Å². The minimum atomic E-state index is -0.174. The van der Waals surface area contributed by atoms with Gasteiger partial charge in [-0.25, -0.2) is 0 Å². The van der Waals surface area contributed by atoms with Crippen molar-refractivity contribution >= 4 is 23.9 Å². The molecule has 0 saturated carbocycles. The Kier molecular flexibility index (Phi) is 45.0. The van der Waals surface area contributed by atoms with Crippen LogP contribution in [0.15, 0.2) is 0 Å². The van der Waals surface area contributed by atoms with Crippen molar-refractivity contribution in [2.45, 2.75) is 297 Å². The third-order valence-corrected chi connectivity index (χ3v) is 15.6. The highest BCUT2D eigenvalue weighted by Crippen LogP contribution is 2.29. The second kappa shape index (κ2) is 49.0. The zero-order valence-corrected chi connectivity index (χ0v) is 49.0. The lowest BCUT2D eigenvalue weighted by Crippen LogP contribution is -2.74. The second-order valence-electron chi connectivity index (χ2n) is 22.2. The van der Waals surface area contributed by atoms with Gasteiger partial charge in [0.1, 0.15) is 0 Å². The molecule has 0 aliphatic carbocycles. The topological polar surface area (TPSA) is 118 Å². The quantitative estimate of drug-likeness (QED) is 0.0328. The van der Waals surface area contributed by atoms with Crippen LogP contribution in [0, 0.1) is 0 Å². The Labute approximate surface area is 455 Å². The van der Waals surface area contributed by atoms with Gasteiger partial charge in [0.05, 0.1) is 64.4 Å². The zero-order valence-electron chi connectivity index (χ0n) is 49.0. The van der Waals surface area contributed by atoms with Gasteiger partial charge in [-0.3, -0.25) is 38.8 Å². The van der Waals surface area contributed by atoms with Crippen molar-refractivity contribution in [3.05, 3.63) is 0 Å². The summed E-state index contributed by atoms with van der Waals surface area (Å²) in [5.74, 6) is -0.695. The van der Waals surface area contributed by atoms with E-state index in [2.05, 4.69) is 47.3 Å². The fraction of sp³-hybridized carbons (Fsp3) is 0.935. The standard InChI is InChI=1S/C62H118N4O8/c1-5-9-13-17-21-25-29-33-37-53-71-57(67)41-45-63-49-50-65(47-43-59(69)73-55-39-35-31-27-23-19-15-11-7-3)62-61(63)64(46-42-58(68)72-54-38-34-30-26-22-18-14-10-6-2)51-52-66(62)48-44-60(70)74-56-40-36-32-28-24-20-16-12-8-4/h61-62H,5-56H2,1-4H3. The van der Waals surface area contributed by atoms with E-state index in [1.165, 1.54) is 180 Å². The van der Waals surface area contributed by atoms with Gasteiger partial charge >= 0.3 is 23.9 Å². The Morgan fingerprint density at radius 1 is 0.270 bits per heavy atom. The lowest BCUT2D eigenvalue weighted by molar-refractivity contribution is -0.166. The maximum Gasteiger partial charge on any atom is 0.307 e. The normalized spacial score (nSPS) is 16.6. The summed E-state index contributed by atoms with van der Waals surface area (Å²) < 4.78 is 23.1. The number of nitrogens with zero attached hydrogens (tertiary/aromatic N) is 4. The minimum absolute atomic E-state index is 0.163. The van der Waals surface area contributed by atoms with Crippen LogP contribution in [-0.2, 0) is 38.1 Å². The van der Waals surface area contributed by atoms with E-state index >= 15 is 0 Å². The van der Waals surface area contributed by atoms with Crippen LogP contribution in [0.25, 0.3) is 0 Å². The van der Waals surface area contributed by atoms with E-state index in [1.807, 2.05) is 0 Å². The van der Waals surface area contributed by atoms with Gasteiger partial charge in [0, 0.05) is 52.4 Å². The molecule has 434 valence electrons. The van der Waals surface area contributed by atoms with E-state index in [0.29, 0.717) is 78.8 Å². The largest absolute Gasteiger partial charge is 0.466 e. The Bertz CT molecular complexity index is 1140. The van der Waals surface area contributed by atoms with Crippen molar-refractivity contribution < 1.29 is 38.1 Å². The molecule has 2 saturated heterocycles. The van der Waals surface area contributed by atoms with Crippen molar-refractivity contribution in [1.29, 1.82) is 0 Å². The fourth-order valence-electron chi connectivity index (χ4n) is 10.9. The Morgan fingerprint density at radius 2 is 0.432 bits per heavy atom. The molecule has 0 atom stereocenters. The van der Waals surface area contributed by atoms with E-state index < -0.39 is 0 Å². The summed E-state index contributed by atoms with van der Waals surface area (Å²) in [5.41, 5.74) is 0. The molecule has 0 aromatic heterocycles. The van der Waals surface area contributed by atoms with Crippen LogP contribution in [0.2, 0.25) is 0 Å². The first kappa shape index (κ1) is 67.8. The van der Waals surface area contributed by atoms with Crippen molar-refractivity contribution in [2.24, 2.45) is 0 Å². The number of unbranched alkanes of at least 4 members (excludes halogenated alkanes) is 32. The van der Waals surface area contributed by atoms with Crippen LogP contribution in [0.1, 0.15) is 285 Å². The van der Waals surface area contributed by atoms with E-state index in [0.717, 1.165) is 51.4 Å². The van der Waals surface area contributed by atoms with Gasteiger partial charge in [-0.15, -0.1) is 0 Å². The molecule has 0 bridgehead atoms. The zero-order chi connectivity index (χ0) is 53.4. The summed E-state index contributed by atoms with van der Waals surface area (Å²) in [7, 11) is 0. The maximum absolute atomic E-state index is 13.3. The highest BCUT2D eigenvalue weighted by molar-refractivity contribution is 5.70. The molecule has 12 nitrogen and oxygen atoms in total. The molecular weight excluding hydrogens is 929 g/mol. The molecule has 2 heterocycles. The Hall–Kier alpha value is -2.28. The van der Waals surface area contributed by atoms with E-state index in [4.69, 9.17) is 18.9 Å². The van der Waals surface area contributed by atoms with Gasteiger partial charge in [-0.05, 0) is 25.7 Å². The van der Waals surface area contributed by atoms with Crippen molar-refractivity contribution in [1.82, 2.24) is 19.6 Å².